The van der Waals surface area contributed by atoms with Crippen LogP contribution >= 0.6 is 0 Å². The normalized spacial score (nSPS) is 11.2. The molecular weight excluding hydrogens is 775 g/mol. The van der Waals surface area contributed by atoms with Crippen molar-refractivity contribution < 1.29 is 5.11 Å². The standard InChI is InChI=1S/C62H43NO/c64-62-60(39-38-59(61(62)56-29-25-46-17-8-10-19-52(46)42-56)50-26-22-48(23-27-50)55-28-24-45-16-7-9-18-51(45)41-55)63(57-34-30-47(31-35-57)43-12-3-1-4-13-43)58-36-32-49(33-37-58)54-21-11-20-53(40-54)44-14-5-2-6-15-44/h1-42,64H. The van der Waals surface area contributed by atoms with Crippen molar-refractivity contribution in [2.75, 3.05) is 4.90 Å². The zero-order chi connectivity index (χ0) is 42.8. The fourth-order valence-electron chi connectivity index (χ4n) is 9.02. The maximum atomic E-state index is 12.9. The molecule has 0 bridgehead atoms. The van der Waals surface area contributed by atoms with E-state index in [1.165, 1.54) is 27.5 Å². The van der Waals surface area contributed by atoms with Crippen LogP contribution in [0.1, 0.15) is 0 Å². The van der Waals surface area contributed by atoms with Crippen LogP contribution in [0.15, 0.2) is 255 Å². The van der Waals surface area contributed by atoms with Crippen LogP contribution in [0, 0.1) is 0 Å². The summed E-state index contributed by atoms with van der Waals surface area (Å²) in [4.78, 5) is 2.17. The van der Waals surface area contributed by atoms with Gasteiger partial charge in [0.1, 0.15) is 5.75 Å². The lowest BCUT2D eigenvalue weighted by molar-refractivity contribution is 0.479. The van der Waals surface area contributed by atoms with Crippen LogP contribution in [0.3, 0.4) is 0 Å². The largest absolute Gasteiger partial charge is 0.505 e. The Hall–Kier alpha value is -8.46. The summed E-state index contributed by atoms with van der Waals surface area (Å²) in [6.07, 6.45) is 0. The lowest BCUT2D eigenvalue weighted by Gasteiger charge is -2.28. The van der Waals surface area contributed by atoms with Crippen molar-refractivity contribution in [3.63, 3.8) is 0 Å². The number of nitrogens with zero attached hydrogens (tertiary/aromatic N) is 1. The minimum atomic E-state index is 0.207. The van der Waals surface area contributed by atoms with Crippen molar-refractivity contribution in [3.05, 3.63) is 255 Å². The summed E-state index contributed by atoms with van der Waals surface area (Å²) in [6, 6.07) is 89.8. The van der Waals surface area contributed by atoms with E-state index < -0.39 is 0 Å². The van der Waals surface area contributed by atoms with Crippen molar-refractivity contribution in [2.24, 2.45) is 0 Å². The van der Waals surface area contributed by atoms with Gasteiger partial charge in [-0.2, -0.15) is 0 Å². The lowest BCUT2D eigenvalue weighted by Crippen LogP contribution is -2.10. The second-order valence-corrected chi connectivity index (χ2v) is 16.3. The van der Waals surface area contributed by atoms with Gasteiger partial charge >= 0.3 is 0 Å². The number of hydrogen-bond acceptors (Lipinski definition) is 2. The molecule has 0 unspecified atom stereocenters. The minimum absolute atomic E-state index is 0.207. The molecular formula is C62H43NO. The van der Waals surface area contributed by atoms with Crippen LogP contribution in [-0.2, 0) is 0 Å². The Labute approximate surface area is 374 Å². The van der Waals surface area contributed by atoms with Gasteiger partial charge in [-0.3, -0.25) is 0 Å². The minimum Gasteiger partial charge on any atom is -0.505 e. The monoisotopic (exact) mass is 817 g/mol. The molecule has 0 aromatic heterocycles. The number of phenols is 1. The van der Waals surface area contributed by atoms with Crippen molar-refractivity contribution in [2.45, 2.75) is 0 Å². The first kappa shape index (κ1) is 38.5. The first-order valence-electron chi connectivity index (χ1n) is 21.8. The first-order valence-corrected chi connectivity index (χ1v) is 21.8. The van der Waals surface area contributed by atoms with Crippen molar-refractivity contribution in [1.29, 1.82) is 0 Å². The van der Waals surface area contributed by atoms with E-state index in [4.69, 9.17) is 0 Å². The van der Waals surface area contributed by atoms with Gasteiger partial charge in [-0.1, -0.05) is 206 Å². The summed E-state index contributed by atoms with van der Waals surface area (Å²) in [7, 11) is 0. The van der Waals surface area contributed by atoms with Crippen LogP contribution < -0.4 is 4.90 Å². The van der Waals surface area contributed by atoms with Gasteiger partial charge in [-0.05, 0) is 131 Å². The SMILES string of the molecule is Oc1c(N(c2ccc(-c3ccccc3)cc2)c2ccc(-c3cccc(-c4ccccc4)c3)cc2)ccc(-c2ccc(-c3ccc4ccccc4c3)cc2)c1-c1ccc2ccccc2c1. The predicted molar refractivity (Wildman–Crippen MR) is 270 cm³/mol. The maximum Gasteiger partial charge on any atom is 0.148 e. The highest BCUT2D eigenvalue weighted by Crippen LogP contribution is 2.49. The fraction of sp³-hybridized carbons (Fsp3) is 0. The van der Waals surface area contributed by atoms with Crippen molar-refractivity contribution >= 4 is 38.6 Å². The molecule has 0 amide bonds. The molecule has 2 nitrogen and oxygen atoms in total. The number of fused-ring (bicyclic) bond motifs is 2. The molecule has 11 aromatic rings. The van der Waals surface area contributed by atoms with E-state index in [2.05, 4.69) is 248 Å². The summed E-state index contributed by atoms with van der Waals surface area (Å²) < 4.78 is 0. The number of benzene rings is 11. The van der Waals surface area contributed by atoms with Crippen LogP contribution in [0.25, 0.3) is 88.3 Å². The molecule has 64 heavy (non-hydrogen) atoms. The molecule has 0 fully saturated rings. The molecule has 0 aliphatic rings. The van der Waals surface area contributed by atoms with E-state index in [1.807, 2.05) is 12.1 Å². The Balaban J connectivity index is 1.04. The second-order valence-electron chi connectivity index (χ2n) is 16.3. The van der Waals surface area contributed by atoms with Crippen LogP contribution in [0.2, 0.25) is 0 Å². The fourth-order valence-corrected chi connectivity index (χ4v) is 9.02. The third kappa shape index (κ3) is 7.48. The summed E-state index contributed by atoms with van der Waals surface area (Å²) in [5.74, 6) is 0.207. The number of aromatic hydroxyl groups is 1. The van der Waals surface area contributed by atoms with Gasteiger partial charge in [-0.25, -0.2) is 0 Å². The van der Waals surface area contributed by atoms with Gasteiger partial charge < -0.3 is 10.0 Å². The highest BCUT2D eigenvalue weighted by Gasteiger charge is 2.23. The number of anilines is 3. The molecule has 0 heterocycles. The summed E-state index contributed by atoms with van der Waals surface area (Å²) in [5, 5.41) is 17.7. The van der Waals surface area contributed by atoms with E-state index in [0.29, 0.717) is 5.69 Å². The predicted octanol–water partition coefficient (Wildman–Crippen LogP) is 17.2. The smallest absolute Gasteiger partial charge is 0.148 e. The molecule has 0 saturated carbocycles. The Morgan fingerprint density at radius 1 is 0.250 bits per heavy atom. The van der Waals surface area contributed by atoms with Crippen LogP contribution in [0.5, 0.6) is 5.75 Å². The Morgan fingerprint density at radius 2 is 0.625 bits per heavy atom. The van der Waals surface area contributed by atoms with E-state index >= 15 is 0 Å². The maximum absolute atomic E-state index is 12.9. The highest BCUT2D eigenvalue weighted by molar-refractivity contribution is 5.98. The van der Waals surface area contributed by atoms with E-state index in [1.54, 1.807) is 0 Å². The van der Waals surface area contributed by atoms with Gasteiger partial charge in [0.25, 0.3) is 0 Å². The van der Waals surface area contributed by atoms with E-state index in [9.17, 15) is 5.11 Å². The Bertz CT molecular complexity index is 3410. The summed E-state index contributed by atoms with van der Waals surface area (Å²) >= 11 is 0. The van der Waals surface area contributed by atoms with Gasteiger partial charge in [-0.15, -0.1) is 0 Å². The van der Waals surface area contributed by atoms with Gasteiger partial charge in [0, 0.05) is 16.9 Å². The van der Waals surface area contributed by atoms with Crippen LogP contribution in [-0.4, -0.2) is 5.11 Å². The summed E-state index contributed by atoms with van der Waals surface area (Å²) in [6.45, 7) is 0. The van der Waals surface area contributed by atoms with Crippen molar-refractivity contribution in [1.82, 2.24) is 0 Å². The molecule has 1 N–H and O–H groups in total. The first-order chi connectivity index (χ1) is 31.6. The molecule has 302 valence electrons. The molecule has 0 aliphatic carbocycles. The number of hydrogen-bond donors (Lipinski definition) is 1. The zero-order valence-electron chi connectivity index (χ0n) is 35.1. The summed E-state index contributed by atoms with van der Waals surface area (Å²) in [5.41, 5.74) is 15.5. The molecule has 2 heteroatoms. The number of phenolic OH excluding ortho intramolecular Hbond substituents is 1. The topological polar surface area (TPSA) is 23.5 Å². The molecule has 11 aromatic carbocycles. The second kappa shape index (κ2) is 16.8. The molecule has 0 saturated heterocycles. The molecule has 0 radical (unpaired) electrons. The van der Waals surface area contributed by atoms with Gasteiger partial charge in [0.05, 0.1) is 5.69 Å². The van der Waals surface area contributed by atoms with E-state index in [-0.39, 0.29) is 5.75 Å². The zero-order valence-corrected chi connectivity index (χ0v) is 35.1. The quantitative estimate of drug-likeness (QED) is 0.157. The average molecular weight is 818 g/mol. The Kier molecular flexibility index (Phi) is 10.1. The molecule has 0 aliphatic heterocycles. The van der Waals surface area contributed by atoms with Gasteiger partial charge in [0.2, 0.25) is 0 Å². The van der Waals surface area contributed by atoms with E-state index in [0.717, 1.165) is 72.2 Å². The molecule has 0 spiro atoms. The number of rotatable bonds is 9. The average Bonchev–Trinajstić information content (AvgIpc) is 3.37. The third-order valence-corrected chi connectivity index (χ3v) is 12.4. The van der Waals surface area contributed by atoms with Crippen molar-refractivity contribution in [3.8, 4) is 72.5 Å². The highest BCUT2D eigenvalue weighted by atomic mass is 16.3. The molecule has 11 rings (SSSR count). The lowest BCUT2D eigenvalue weighted by atomic mass is 9.90. The third-order valence-electron chi connectivity index (χ3n) is 12.4. The van der Waals surface area contributed by atoms with Crippen LogP contribution in [0.4, 0.5) is 17.1 Å². The van der Waals surface area contributed by atoms with Gasteiger partial charge in [0.15, 0.2) is 0 Å². The Morgan fingerprint density at radius 3 is 1.19 bits per heavy atom. The molecule has 0 atom stereocenters.